The molecule has 5 heteroatoms. The summed E-state index contributed by atoms with van der Waals surface area (Å²) in [5.41, 5.74) is 7.11. The van der Waals surface area contributed by atoms with Gasteiger partial charge in [-0.05, 0) is 54.7 Å². The molecule has 2 aromatic carbocycles. The maximum absolute atomic E-state index is 5.97. The molecule has 29 heavy (non-hydrogen) atoms. The van der Waals surface area contributed by atoms with Crippen molar-refractivity contribution in [1.29, 1.82) is 0 Å². The van der Waals surface area contributed by atoms with Crippen LogP contribution in [0.25, 0.3) is 11.1 Å². The molecule has 2 aliphatic rings. The number of hydrogen-bond donors (Lipinski definition) is 0. The van der Waals surface area contributed by atoms with Gasteiger partial charge in [0.05, 0.1) is 33.5 Å². The van der Waals surface area contributed by atoms with Crippen molar-refractivity contribution in [2.75, 3.05) is 53.2 Å². The molecule has 0 atom stereocenters. The molecule has 0 amide bonds. The molecular weight excluding hydrogens is 366 g/mol. The average Bonchev–Trinajstić information content (AvgIpc) is 3.27. The fraction of sp³-hybridized carbons (Fsp3) is 0.500. The van der Waals surface area contributed by atoms with Crippen LogP contribution in [0.2, 0.25) is 0 Å². The summed E-state index contributed by atoms with van der Waals surface area (Å²) in [7, 11) is 1.77. The molecule has 2 aromatic rings. The van der Waals surface area contributed by atoms with Crippen LogP contribution >= 0.6 is 0 Å². The van der Waals surface area contributed by atoms with Gasteiger partial charge in [-0.1, -0.05) is 18.2 Å². The van der Waals surface area contributed by atoms with Crippen molar-refractivity contribution in [2.24, 2.45) is 0 Å². The Kier molecular flexibility index (Phi) is 6.50. The quantitative estimate of drug-likeness (QED) is 0.739. The highest BCUT2D eigenvalue weighted by atomic mass is 16.7. The van der Waals surface area contributed by atoms with Gasteiger partial charge in [-0.2, -0.15) is 0 Å². The molecule has 0 unspecified atom stereocenters. The van der Waals surface area contributed by atoms with Gasteiger partial charge >= 0.3 is 0 Å². The number of ether oxygens (including phenoxy) is 4. The summed E-state index contributed by atoms with van der Waals surface area (Å²) in [6.45, 7) is 10.2. The SMILES string of the molecule is COc1c(CCN2CCOCC2)cc(C2OCCO2)cc1-c1c(C)cccc1C. The van der Waals surface area contributed by atoms with Crippen LogP contribution in [0.1, 0.15) is 28.5 Å². The predicted octanol–water partition coefficient (Wildman–Crippen LogP) is 3.90. The molecule has 156 valence electrons. The third-order valence-electron chi connectivity index (χ3n) is 5.84. The number of aryl methyl sites for hydroxylation is 2. The molecule has 2 heterocycles. The zero-order valence-electron chi connectivity index (χ0n) is 17.7. The summed E-state index contributed by atoms with van der Waals surface area (Å²) in [5, 5.41) is 0. The molecule has 4 rings (SSSR count). The molecule has 2 fully saturated rings. The van der Waals surface area contributed by atoms with Crippen LogP contribution in [0, 0.1) is 13.8 Å². The lowest BCUT2D eigenvalue weighted by Gasteiger charge is -2.27. The van der Waals surface area contributed by atoms with E-state index in [2.05, 4.69) is 49.1 Å². The second-order valence-corrected chi connectivity index (χ2v) is 7.81. The van der Waals surface area contributed by atoms with Gasteiger partial charge in [0.2, 0.25) is 0 Å². The summed E-state index contributed by atoms with van der Waals surface area (Å²) in [6, 6.07) is 10.8. The van der Waals surface area contributed by atoms with Gasteiger partial charge in [0, 0.05) is 30.8 Å². The second-order valence-electron chi connectivity index (χ2n) is 7.81. The van der Waals surface area contributed by atoms with E-state index in [0.29, 0.717) is 13.2 Å². The van der Waals surface area contributed by atoms with Gasteiger partial charge in [0.1, 0.15) is 5.75 Å². The van der Waals surface area contributed by atoms with E-state index in [0.717, 1.165) is 56.1 Å². The summed E-state index contributed by atoms with van der Waals surface area (Å²) < 4.78 is 23.1. The molecule has 0 spiro atoms. The maximum Gasteiger partial charge on any atom is 0.184 e. The lowest BCUT2D eigenvalue weighted by Crippen LogP contribution is -2.37. The van der Waals surface area contributed by atoms with E-state index in [1.807, 2.05) is 0 Å². The summed E-state index contributed by atoms with van der Waals surface area (Å²) in [4.78, 5) is 2.46. The zero-order valence-corrected chi connectivity index (χ0v) is 17.7. The Morgan fingerprint density at radius 2 is 1.69 bits per heavy atom. The lowest BCUT2D eigenvalue weighted by atomic mass is 9.91. The van der Waals surface area contributed by atoms with Crippen LogP contribution in [0.5, 0.6) is 5.75 Å². The number of rotatable bonds is 6. The summed E-state index contributed by atoms with van der Waals surface area (Å²) in [5.74, 6) is 0.956. The Morgan fingerprint density at radius 3 is 2.34 bits per heavy atom. The Labute approximate surface area is 173 Å². The van der Waals surface area contributed by atoms with Crippen molar-refractivity contribution < 1.29 is 18.9 Å². The minimum atomic E-state index is -0.300. The van der Waals surface area contributed by atoms with E-state index in [1.165, 1.54) is 22.3 Å². The third-order valence-corrected chi connectivity index (χ3v) is 5.84. The molecule has 0 bridgehead atoms. The first kappa shape index (κ1) is 20.4. The van der Waals surface area contributed by atoms with Crippen LogP contribution in [0.4, 0.5) is 0 Å². The van der Waals surface area contributed by atoms with Crippen LogP contribution in [0.15, 0.2) is 30.3 Å². The number of nitrogens with zero attached hydrogens (tertiary/aromatic N) is 1. The Morgan fingerprint density at radius 1 is 1.00 bits per heavy atom. The second kappa shape index (κ2) is 9.26. The molecule has 2 saturated heterocycles. The normalized spacial score (nSPS) is 18.3. The monoisotopic (exact) mass is 397 g/mol. The van der Waals surface area contributed by atoms with Gasteiger partial charge in [-0.25, -0.2) is 0 Å². The fourth-order valence-electron chi connectivity index (χ4n) is 4.36. The average molecular weight is 398 g/mol. The number of methoxy groups -OCH3 is 1. The van der Waals surface area contributed by atoms with E-state index < -0.39 is 0 Å². The first-order valence-electron chi connectivity index (χ1n) is 10.5. The highest BCUT2D eigenvalue weighted by molar-refractivity contribution is 5.78. The number of benzene rings is 2. The van der Waals surface area contributed by atoms with Crippen molar-refractivity contribution in [2.45, 2.75) is 26.6 Å². The Bertz CT molecular complexity index is 819. The van der Waals surface area contributed by atoms with E-state index in [1.54, 1.807) is 7.11 Å². The van der Waals surface area contributed by atoms with Gasteiger partial charge in [0.15, 0.2) is 6.29 Å². The minimum absolute atomic E-state index is 0.300. The van der Waals surface area contributed by atoms with Crippen LogP contribution in [-0.2, 0) is 20.6 Å². The summed E-state index contributed by atoms with van der Waals surface area (Å²) >= 11 is 0. The topological polar surface area (TPSA) is 40.2 Å². The molecule has 0 saturated carbocycles. The molecule has 0 N–H and O–H groups in total. The summed E-state index contributed by atoms with van der Waals surface area (Å²) in [6.07, 6.45) is 0.618. The highest BCUT2D eigenvalue weighted by Gasteiger charge is 2.24. The molecule has 5 nitrogen and oxygen atoms in total. The number of morpholine rings is 1. The highest BCUT2D eigenvalue weighted by Crippen LogP contribution is 2.40. The van der Waals surface area contributed by atoms with Crippen molar-refractivity contribution in [3.8, 4) is 16.9 Å². The van der Waals surface area contributed by atoms with Crippen molar-refractivity contribution >= 4 is 0 Å². The zero-order chi connectivity index (χ0) is 20.2. The van der Waals surface area contributed by atoms with Gasteiger partial charge in [-0.3, -0.25) is 4.90 Å². The van der Waals surface area contributed by atoms with Gasteiger partial charge in [0.25, 0.3) is 0 Å². The Balaban J connectivity index is 1.75. The third kappa shape index (κ3) is 4.48. The fourth-order valence-corrected chi connectivity index (χ4v) is 4.36. The Hall–Kier alpha value is -1.92. The van der Waals surface area contributed by atoms with Gasteiger partial charge < -0.3 is 18.9 Å². The standard InChI is InChI=1S/C24H31NO4/c1-17-5-4-6-18(2)22(17)21-16-20(24-28-13-14-29-24)15-19(23(21)26-3)7-8-25-9-11-27-12-10-25/h4-6,15-16,24H,7-14H2,1-3H3. The largest absolute Gasteiger partial charge is 0.496 e. The predicted molar refractivity (Wildman–Crippen MR) is 114 cm³/mol. The van der Waals surface area contributed by atoms with E-state index in [4.69, 9.17) is 18.9 Å². The van der Waals surface area contributed by atoms with Crippen LogP contribution in [0.3, 0.4) is 0 Å². The maximum atomic E-state index is 5.97. The van der Waals surface area contributed by atoms with E-state index >= 15 is 0 Å². The molecule has 0 aliphatic carbocycles. The van der Waals surface area contributed by atoms with Crippen molar-refractivity contribution in [3.05, 3.63) is 52.6 Å². The van der Waals surface area contributed by atoms with Crippen molar-refractivity contribution in [1.82, 2.24) is 4.90 Å². The number of hydrogen-bond acceptors (Lipinski definition) is 5. The lowest BCUT2D eigenvalue weighted by molar-refractivity contribution is -0.0441. The van der Waals surface area contributed by atoms with Crippen LogP contribution < -0.4 is 4.74 Å². The first-order valence-corrected chi connectivity index (χ1v) is 10.5. The first-order chi connectivity index (χ1) is 14.2. The van der Waals surface area contributed by atoms with Crippen molar-refractivity contribution in [3.63, 3.8) is 0 Å². The smallest absolute Gasteiger partial charge is 0.184 e. The molecule has 0 radical (unpaired) electrons. The van der Waals surface area contributed by atoms with Gasteiger partial charge in [-0.15, -0.1) is 0 Å². The molecule has 2 aliphatic heterocycles. The van der Waals surface area contributed by atoms with E-state index in [-0.39, 0.29) is 6.29 Å². The molecular formula is C24H31NO4. The van der Waals surface area contributed by atoms with Crippen LogP contribution in [-0.4, -0.2) is 58.1 Å². The van der Waals surface area contributed by atoms with E-state index in [9.17, 15) is 0 Å². The molecule has 0 aromatic heterocycles. The minimum Gasteiger partial charge on any atom is -0.496 e.